The molecule has 1 heterocycles. The van der Waals surface area contributed by atoms with Gasteiger partial charge in [-0.15, -0.1) is 0 Å². The third kappa shape index (κ3) is 3.82. The maximum Gasteiger partial charge on any atom is 0.272 e. The van der Waals surface area contributed by atoms with Crippen molar-refractivity contribution >= 4 is 5.69 Å². The van der Waals surface area contributed by atoms with E-state index in [1.54, 1.807) is 6.92 Å². The number of aromatic nitrogens is 2. The normalized spacial score (nSPS) is 10.7. The summed E-state index contributed by atoms with van der Waals surface area (Å²) in [5, 5.41) is 17.3. The van der Waals surface area contributed by atoms with E-state index in [0.717, 1.165) is 6.07 Å². The Hall–Kier alpha value is -2.35. The van der Waals surface area contributed by atoms with Gasteiger partial charge in [-0.3, -0.25) is 10.1 Å². The summed E-state index contributed by atoms with van der Waals surface area (Å²) in [6.07, 6.45) is 0.540. The predicted molar refractivity (Wildman–Crippen MR) is 67.5 cm³/mol. The molecule has 106 valence electrons. The molecule has 0 aliphatic rings. The molecule has 0 radical (unpaired) electrons. The molecule has 2 aromatic rings. The second kappa shape index (κ2) is 6.20. The van der Waals surface area contributed by atoms with Crippen molar-refractivity contribution in [3.63, 3.8) is 0 Å². The van der Waals surface area contributed by atoms with Crippen molar-refractivity contribution in [2.24, 2.45) is 0 Å². The van der Waals surface area contributed by atoms with E-state index in [-0.39, 0.29) is 5.69 Å². The van der Waals surface area contributed by atoms with Crippen LogP contribution < -0.4 is 5.32 Å². The second-order valence-corrected chi connectivity index (χ2v) is 4.24. The van der Waals surface area contributed by atoms with Crippen molar-refractivity contribution in [1.82, 2.24) is 15.5 Å². The molecular formula is C12H13FN4O3. The molecular weight excluding hydrogens is 267 g/mol. The Kier molecular flexibility index (Phi) is 4.36. The molecule has 1 N–H and O–H groups in total. The number of nitrogens with zero attached hydrogens (tertiary/aromatic N) is 3. The number of nitrogens with one attached hydrogen (secondary N) is 1. The van der Waals surface area contributed by atoms with Gasteiger partial charge in [0.25, 0.3) is 5.69 Å². The molecule has 0 atom stereocenters. The lowest BCUT2D eigenvalue weighted by molar-refractivity contribution is -0.385. The van der Waals surface area contributed by atoms with E-state index in [2.05, 4.69) is 15.5 Å². The number of non-ortho nitro benzene ring substituents is 1. The summed E-state index contributed by atoms with van der Waals surface area (Å²) in [5.74, 6) is 0.463. The van der Waals surface area contributed by atoms with Gasteiger partial charge in [0.2, 0.25) is 5.89 Å². The summed E-state index contributed by atoms with van der Waals surface area (Å²) in [6.45, 7) is 2.60. The van der Waals surface area contributed by atoms with Gasteiger partial charge in [-0.2, -0.15) is 4.98 Å². The zero-order valence-electron chi connectivity index (χ0n) is 10.8. The summed E-state index contributed by atoms with van der Waals surface area (Å²) in [7, 11) is 0. The van der Waals surface area contributed by atoms with Crippen molar-refractivity contribution in [1.29, 1.82) is 0 Å². The molecule has 20 heavy (non-hydrogen) atoms. The summed E-state index contributed by atoms with van der Waals surface area (Å²) in [4.78, 5) is 14.0. The highest BCUT2D eigenvalue weighted by Crippen LogP contribution is 2.16. The first-order chi connectivity index (χ1) is 9.54. The number of rotatable bonds is 6. The van der Waals surface area contributed by atoms with E-state index in [4.69, 9.17) is 4.52 Å². The molecule has 0 aliphatic heterocycles. The predicted octanol–water partition coefficient (Wildman–Crippen LogP) is 1.76. The number of nitro benzene ring substituents is 1. The van der Waals surface area contributed by atoms with Crippen LogP contribution in [0.4, 0.5) is 10.1 Å². The molecule has 0 unspecified atom stereocenters. The summed E-state index contributed by atoms with van der Waals surface area (Å²) in [6, 6.07) is 3.49. The van der Waals surface area contributed by atoms with E-state index in [9.17, 15) is 14.5 Å². The average molecular weight is 280 g/mol. The Labute approximate surface area is 114 Å². The van der Waals surface area contributed by atoms with Crippen molar-refractivity contribution in [2.45, 2.75) is 19.9 Å². The summed E-state index contributed by atoms with van der Waals surface area (Å²) in [5.41, 5.74) is 0.257. The van der Waals surface area contributed by atoms with Crippen LogP contribution in [0.15, 0.2) is 22.7 Å². The van der Waals surface area contributed by atoms with E-state index in [1.807, 2.05) is 0 Å². The fourth-order valence-electron chi connectivity index (χ4n) is 1.71. The molecule has 1 aromatic carbocycles. The zero-order chi connectivity index (χ0) is 14.5. The quantitative estimate of drug-likeness (QED) is 0.492. The Morgan fingerprint density at radius 2 is 2.25 bits per heavy atom. The van der Waals surface area contributed by atoms with Gasteiger partial charge >= 0.3 is 0 Å². The number of nitro groups is 1. The smallest absolute Gasteiger partial charge is 0.272 e. The van der Waals surface area contributed by atoms with Crippen LogP contribution in [0, 0.1) is 22.9 Å². The topological polar surface area (TPSA) is 94.1 Å². The van der Waals surface area contributed by atoms with Crippen LogP contribution in [0.1, 0.15) is 17.3 Å². The lowest BCUT2D eigenvalue weighted by Crippen LogP contribution is -2.17. The van der Waals surface area contributed by atoms with Gasteiger partial charge in [-0.1, -0.05) is 5.16 Å². The van der Waals surface area contributed by atoms with Crippen LogP contribution in [0.3, 0.4) is 0 Å². The molecule has 0 aliphatic carbocycles. The van der Waals surface area contributed by atoms with E-state index in [0.29, 0.717) is 36.8 Å². The lowest BCUT2D eigenvalue weighted by atomic mass is 10.2. The van der Waals surface area contributed by atoms with E-state index in [1.165, 1.54) is 12.1 Å². The number of hydrogen-bond donors (Lipinski definition) is 1. The molecule has 8 heteroatoms. The number of halogens is 1. The van der Waals surface area contributed by atoms with Gasteiger partial charge in [0.15, 0.2) is 5.82 Å². The van der Waals surface area contributed by atoms with Gasteiger partial charge in [0.05, 0.1) is 11.0 Å². The Morgan fingerprint density at radius 1 is 1.45 bits per heavy atom. The highest BCUT2D eigenvalue weighted by atomic mass is 19.1. The highest BCUT2D eigenvalue weighted by molar-refractivity contribution is 5.35. The minimum absolute atomic E-state index is 0.255. The third-order valence-corrected chi connectivity index (χ3v) is 2.57. The van der Waals surface area contributed by atoms with Gasteiger partial charge in [0.1, 0.15) is 5.82 Å². The first kappa shape index (κ1) is 14.1. The molecule has 0 bridgehead atoms. The van der Waals surface area contributed by atoms with Crippen LogP contribution in [-0.4, -0.2) is 21.6 Å². The number of benzene rings is 1. The van der Waals surface area contributed by atoms with Gasteiger partial charge in [0, 0.05) is 25.6 Å². The molecule has 0 amide bonds. The molecule has 1 aromatic heterocycles. The largest absolute Gasteiger partial charge is 0.339 e. The lowest BCUT2D eigenvalue weighted by Gasteiger charge is -2.03. The molecule has 0 spiro atoms. The highest BCUT2D eigenvalue weighted by Gasteiger charge is 2.09. The Balaban J connectivity index is 1.86. The maximum absolute atomic E-state index is 13.2. The fourth-order valence-corrected chi connectivity index (χ4v) is 1.71. The van der Waals surface area contributed by atoms with Gasteiger partial charge in [-0.25, -0.2) is 4.39 Å². The first-order valence-corrected chi connectivity index (χ1v) is 5.98. The van der Waals surface area contributed by atoms with Crippen LogP contribution in [0.25, 0.3) is 0 Å². The molecule has 0 saturated carbocycles. The number of aryl methyl sites for hydroxylation is 1. The minimum Gasteiger partial charge on any atom is -0.339 e. The van der Waals surface area contributed by atoms with Gasteiger partial charge < -0.3 is 9.84 Å². The summed E-state index contributed by atoms with van der Waals surface area (Å²) >= 11 is 0. The Morgan fingerprint density at radius 3 is 2.90 bits per heavy atom. The second-order valence-electron chi connectivity index (χ2n) is 4.24. The first-order valence-electron chi connectivity index (χ1n) is 5.98. The van der Waals surface area contributed by atoms with Crippen LogP contribution in [0.5, 0.6) is 0 Å². The van der Waals surface area contributed by atoms with Crippen molar-refractivity contribution in [3.05, 3.63) is 51.4 Å². The van der Waals surface area contributed by atoms with Crippen molar-refractivity contribution < 1.29 is 13.8 Å². The molecule has 0 saturated heterocycles. The van der Waals surface area contributed by atoms with E-state index >= 15 is 0 Å². The van der Waals surface area contributed by atoms with Crippen molar-refractivity contribution in [3.8, 4) is 0 Å². The van der Waals surface area contributed by atoms with E-state index < -0.39 is 10.7 Å². The van der Waals surface area contributed by atoms with Crippen LogP contribution in [0.2, 0.25) is 0 Å². The molecule has 0 fully saturated rings. The standard InChI is InChI=1S/C12H13FN4O3/c1-8-15-12(20-16-8)2-3-14-7-9-4-10(13)6-11(5-9)17(18)19/h4-6,14H,2-3,7H2,1H3. The van der Waals surface area contributed by atoms with Crippen LogP contribution >= 0.6 is 0 Å². The average Bonchev–Trinajstić information content (AvgIpc) is 2.80. The van der Waals surface area contributed by atoms with Crippen molar-refractivity contribution in [2.75, 3.05) is 6.54 Å². The molecule has 2 rings (SSSR count). The monoisotopic (exact) mass is 280 g/mol. The zero-order valence-corrected chi connectivity index (χ0v) is 10.8. The third-order valence-electron chi connectivity index (χ3n) is 2.57. The fraction of sp³-hybridized carbons (Fsp3) is 0.333. The SMILES string of the molecule is Cc1noc(CCNCc2cc(F)cc([N+](=O)[O-])c2)n1. The van der Waals surface area contributed by atoms with Crippen LogP contribution in [-0.2, 0) is 13.0 Å². The van der Waals surface area contributed by atoms with Gasteiger partial charge in [-0.05, 0) is 18.6 Å². The Bertz CT molecular complexity index is 614. The maximum atomic E-state index is 13.2. The molecule has 7 nitrogen and oxygen atoms in total. The minimum atomic E-state index is -0.622. The summed E-state index contributed by atoms with van der Waals surface area (Å²) < 4.78 is 18.1. The number of hydrogen-bond acceptors (Lipinski definition) is 6.